The summed E-state index contributed by atoms with van der Waals surface area (Å²) in [5, 5.41) is 10.2. The van der Waals surface area contributed by atoms with Gasteiger partial charge < -0.3 is 11.1 Å². The molecule has 0 aromatic carbocycles. The van der Waals surface area contributed by atoms with Gasteiger partial charge in [-0.25, -0.2) is 4.68 Å². The third-order valence-corrected chi connectivity index (χ3v) is 1.96. The summed E-state index contributed by atoms with van der Waals surface area (Å²) in [5.74, 6) is -0.105. The molecule has 0 fully saturated rings. The Morgan fingerprint density at radius 1 is 1.79 bits per heavy atom. The zero-order valence-corrected chi connectivity index (χ0v) is 8.40. The molecular weight excluding hydrogens is 182 g/mol. The number of nitrogens with one attached hydrogen (secondary N) is 1. The van der Waals surface area contributed by atoms with Crippen molar-refractivity contribution in [2.24, 2.45) is 5.73 Å². The van der Waals surface area contributed by atoms with Crippen LogP contribution < -0.4 is 11.1 Å². The maximum absolute atomic E-state index is 11.0. The van der Waals surface area contributed by atoms with Gasteiger partial charge in [0.15, 0.2) is 0 Å². The number of carbonyl (C=O) groups excluding carboxylic acids is 1. The molecule has 0 radical (unpaired) electrons. The summed E-state index contributed by atoms with van der Waals surface area (Å²) in [7, 11) is 1.58. The first-order chi connectivity index (χ1) is 6.67. The van der Waals surface area contributed by atoms with Crippen LogP contribution in [-0.4, -0.2) is 27.9 Å². The van der Waals surface area contributed by atoms with E-state index < -0.39 is 0 Å². The third-order valence-electron chi connectivity index (χ3n) is 1.96. The Morgan fingerprint density at radius 3 is 3.07 bits per heavy atom. The highest BCUT2D eigenvalue weighted by atomic mass is 16.1. The van der Waals surface area contributed by atoms with Crippen LogP contribution in [0.5, 0.6) is 0 Å². The van der Waals surface area contributed by atoms with Gasteiger partial charge in [0.2, 0.25) is 5.91 Å². The van der Waals surface area contributed by atoms with Crippen molar-refractivity contribution in [1.29, 1.82) is 0 Å². The molecule has 3 N–H and O–H groups in total. The molecule has 1 aromatic heterocycles. The van der Waals surface area contributed by atoms with Crippen molar-refractivity contribution in [2.75, 3.05) is 7.05 Å². The second-order valence-corrected chi connectivity index (χ2v) is 3.03. The average Bonchev–Trinajstić information content (AvgIpc) is 2.65. The number of nitrogens with zero attached hydrogens (tertiary/aromatic N) is 3. The molecule has 1 amide bonds. The van der Waals surface area contributed by atoms with E-state index >= 15 is 0 Å². The van der Waals surface area contributed by atoms with Crippen LogP contribution in [0.25, 0.3) is 0 Å². The van der Waals surface area contributed by atoms with Gasteiger partial charge in [-0.3, -0.25) is 4.79 Å². The molecule has 0 aliphatic heterocycles. The van der Waals surface area contributed by atoms with Gasteiger partial charge in [0.05, 0.1) is 17.9 Å². The SMILES string of the molecule is CCC(N)c1cn(CC(=O)NC)nn1. The maximum Gasteiger partial charge on any atom is 0.241 e. The van der Waals surface area contributed by atoms with Gasteiger partial charge in [-0.1, -0.05) is 12.1 Å². The molecule has 0 bridgehead atoms. The van der Waals surface area contributed by atoms with Crippen molar-refractivity contribution < 1.29 is 4.79 Å². The van der Waals surface area contributed by atoms with Crippen LogP contribution >= 0.6 is 0 Å². The predicted octanol–water partition coefficient (Wildman–Crippen LogP) is -0.566. The molecule has 14 heavy (non-hydrogen) atoms. The highest BCUT2D eigenvalue weighted by Gasteiger charge is 2.09. The van der Waals surface area contributed by atoms with E-state index in [0.29, 0.717) is 0 Å². The van der Waals surface area contributed by atoms with E-state index in [9.17, 15) is 4.79 Å². The smallest absolute Gasteiger partial charge is 0.241 e. The molecule has 0 spiro atoms. The van der Waals surface area contributed by atoms with Crippen LogP contribution in [0.15, 0.2) is 6.20 Å². The fraction of sp³-hybridized carbons (Fsp3) is 0.625. The fourth-order valence-corrected chi connectivity index (χ4v) is 0.996. The van der Waals surface area contributed by atoms with E-state index in [1.807, 2.05) is 6.92 Å². The van der Waals surface area contributed by atoms with Gasteiger partial charge in [-0.15, -0.1) is 5.10 Å². The molecule has 6 nitrogen and oxygen atoms in total. The van der Waals surface area contributed by atoms with Gasteiger partial charge in [0, 0.05) is 7.05 Å². The topological polar surface area (TPSA) is 85.8 Å². The van der Waals surface area contributed by atoms with Crippen molar-refractivity contribution in [1.82, 2.24) is 20.3 Å². The molecule has 0 saturated carbocycles. The molecule has 1 heterocycles. The summed E-state index contributed by atoms with van der Waals surface area (Å²) >= 11 is 0. The van der Waals surface area contributed by atoms with Gasteiger partial charge in [-0.05, 0) is 6.42 Å². The highest BCUT2D eigenvalue weighted by molar-refractivity contribution is 5.75. The number of hydrogen-bond acceptors (Lipinski definition) is 4. The summed E-state index contributed by atoms with van der Waals surface area (Å²) < 4.78 is 1.48. The Balaban J connectivity index is 2.63. The van der Waals surface area contributed by atoms with E-state index in [1.54, 1.807) is 13.2 Å². The average molecular weight is 197 g/mol. The van der Waals surface area contributed by atoms with Crippen molar-refractivity contribution in [2.45, 2.75) is 25.9 Å². The summed E-state index contributed by atoms with van der Waals surface area (Å²) in [4.78, 5) is 11.0. The number of aromatic nitrogens is 3. The van der Waals surface area contributed by atoms with Gasteiger partial charge in [0.1, 0.15) is 6.54 Å². The number of nitrogens with two attached hydrogens (primary N) is 1. The molecule has 1 atom stereocenters. The Bertz CT molecular complexity index is 308. The predicted molar refractivity (Wildman–Crippen MR) is 51.3 cm³/mol. The van der Waals surface area contributed by atoms with Crippen LogP contribution in [0, 0.1) is 0 Å². The first kappa shape index (κ1) is 10.6. The van der Waals surface area contributed by atoms with Gasteiger partial charge in [-0.2, -0.15) is 0 Å². The number of likely N-dealkylation sites (N-methyl/N-ethyl adjacent to an activating group) is 1. The molecule has 1 rings (SSSR count). The van der Waals surface area contributed by atoms with Crippen LogP contribution in [0.1, 0.15) is 25.1 Å². The first-order valence-electron chi connectivity index (χ1n) is 4.53. The normalized spacial score (nSPS) is 12.5. The van der Waals surface area contributed by atoms with E-state index in [1.165, 1.54) is 4.68 Å². The lowest BCUT2D eigenvalue weighted by atomic mass is 10.2. The number of carbonyl (C=O) groups is 1. The van der Waals surface area contributed by atoms with Gasteiger partial charge in [0.25, 0.3) is 0 Å². The van der Waals surface area contributed by atoms with Crippen LogP contribution in [0.3, 0.4) is 0 Å². The Labute approximate surface area is 82.5 Å². The third kappa shape index (κ3) is 2.53. The summed E-state index contributed by atoms with van der Waals surface area (Å²) in [6.45, 7) is 2.16. The molecular formula is C8H15N5O. The fourth-order valence-electron chi connectivity index (χ4n) is 0.996. The summed E-state index contributed by atoms with van der Waals surface area (Å²) in [6.07, 6.45) is 2.50. The van der Waals surface area contributed by atoms with Crippen LogP contribution in [-0.2, 0) is 11.3 Å². The highest BCUT2D eigenvalue weighted by Crippen LogP contribution is 2.08. The lowest BCUT2D eigenvalue weighted by Crippen LogP contribution is -2.23. The first-order valence-corrected chi connectivity index (χ1v) is 4.53. The van der Waals surface area contributed by atoms with Crippen molar-refractivity contribution >= 4 is 5.91 Å². The Hall–Kier alpha value is -1.43. The lowest BCUT2D eigenvalue weighted by Gasteiger charge is -2.01. The molecule has 0 aliphatic carbocycles. The standard InChI is InChI=1S/C8H15N5O/c1-3-6(9)7-4-13(12-11-7)5-8(14)10-2/h4,6H,3,5,9H2,1-2H3,(H,10,14). The number of rotatable bonds is 4. The van der Waals surface area contributed by atoms with E-state index in [4.69, 9.17) is 5.73 Å². The molecule has 1 unspecified atom stereocenters. The molecule has 6 heteroatoms. The summed E-state index contributed by atoms with van der Waals surface area (Å²) in [6, 6.07) is -0.103. The Morgan fingerprint density at radius 2 is 2.50 bits per heavy atom. The number of hydrogen-bond donors (Lipinski definition) is 2. The van der Waals surface area contributed by atoms with Gasteiger partial charge >= 0.3 is 0 Å². The monoisotopic (exact) mass is 197 g/mol. The lowest BCUT2D eigenvalue weighted by molar-refractivity contribution is -0.121. The minimum Gasteiger partial charge on any atom is -0.358 e. The van der Waals surface area contributed by atoms with Crippen molar-refractivity contribution in [3.05, 3.63) is 11.9 Å². The molecule has 78 valence electrons. The molecule has 0 aliphatic rings. The van der Waals surface area contributed by atoms with Crippen molar-refractivity contribution in [3.8, 4) is 0 Å². The molecule has 0 saturated heterocycles. The second kappa shape index (κ2) is 4.71. The molecule has 1 aromatic rings. The Kier molecular flexibility index (Phi) is 3.58. The van der Waals surface area contributed by atoms with Crippen LogP contribution in [0.2, 0.25) is 0 Å². The summed E-state index contributed by atoms with van der Waals surface area (Å²) in [5.41, 5.74) is 6.47. The number of amides is 1. The van der Waals surface area contributed by atoms with Crippen LogP contribution in [0.4, 0.5) is 0 Å². The second-order valence-electron chi connectivity index (χ2n) is 3.03. The quantitative estimate of drug-likeness (QED) is 0.677. The largest absolute Gasteiger partial charge is 0.358 e. The zero-order chi connectivity index (χ0) is 10.6. The van der Waals surface area contributed by atoms with Crippen molar-refractivity contribution in [3.63, 3.8) is 0 Å². The minimum absolute atomic E-state index is 0.103. The van der Waals surface area contributed by atoms with E-state index in [-0.39, 0.29) is 18.5 Å². The van der Waals surface area contributed by atoms with E-state index in [0.717, 1.165) is 12.1 Å². The van der Waals surface area contributed by atoms with E-state index in [2.05, 4.69) is 15.6 Å². The zero-order valence-electron chi connectivity index (χ0n) is 8.40. The minimum atomic E-state index is -0.105. The maximum atomic E-state index is 11.0.